The Morgan fingerprint density at radius 2 is 2.00 bits per heavy atom. The number of benzene rings is 1. The summed E-state index contributed by atoms with van der Waals surface area (Å²) in [4.78, 5) is 2.52. The minimum absolute atomic E-state index is 0.735. The maximum atomic E-state index is 5.90. The lowest BCUT2D eigenvalue weighted by molar-refractivity contribution is 0.243. The monoisotopic (exact) mass is 354 g/mol. The van der Waals surface area contributed by atoms with Gasteiger partial charge in [0, 0.05) is 43.6 Å². The molecule has 2 aliphatic heterocycles. The van der Waals surface area contributed by atoms with Gasteiger partial charge in [-0.1, -0.05) is 15.9 Å². The molecule has 0 amide bonds. The van der Waals surface area contributed by atoms with Gasteiger partial charge in [0.15, 0.2) is 11.5 Å². The Morgan fingerprint density at radius 1 is 1.24 bits per heavy atom. The Morgan fingerprint density at radius 3 is 2.81 bits per heavy atom. The van der Waals surface area contributed by atoms with E-state index in [1.807, 2.05) is 0 Å². The molecule has 0 bridgehead atoms. The van der Waals surface area contributed by atoms with Gasteiger partial charge in [-0.25, -0.2) is 0 Å². The average Bonchev–Trinajstić information content (AvgIpc) is 2.73. The second kappa shape index (κ2) is 6.99. The molecule has 3 rings (SSSR count). The Bertz CT molecular complexity index is 502. The van der Waals surface area contributed by atoms with Gasteiger partial charge in [-0.15, -0.1) is 0 Å². The van der Waals surface area contributed by atoms with Crippen LogP contribution in [0.1, 0.15) is 17.5 Å². The number of piperazine rings is 1. The molecule has 0 atom stereocenters. The van der Waals surface area contributed by atoms with Crippen LogP contribution in [-0.2, 0) is 6.42 Å². The van der Waals surface area contributed by atoms with Crippen molar-refractivity contribution >= 4 is 15.9 Å². The van der Waals surface area contributed by atoms with Gasteiger partial charge >= 0.3 is 0 Å². The number of hydrogen-bond acceptors (Lipinski definition) is 4. The molecule has 2 heterocycles. The fraction of sp³-hybridized carbons (Fsp3) is 0.625. The van der Waals surface area contributed by atoms with Crippen molar-refractivity contribution in [3.05, 3.63) is 21.7 Å². The van der Waals surface area contributed by atoms with E-state index < -0.39 is 0 Å². The number of fused-ring (bicyclic) bond motifs is 1. The van der Waals surface area contributed by atoms with E-state index in [4.69, 9.17) is 9.47 Å². The van der Waals surface area contributed by atoms with Gasteiger partial charge in [-0.2, -0.15) is 0 Å². The molecular formula is C16H23BrN2O2. The minimum Gasteiger partial charge on any atom is -0.490 e. The molecule has 1 aromatic rings. The van der Waals surface area contributed by atoms with E-state index in [1.165, 1.54) is 11.1 Å². The van der Waals surface area contributed by atoms with Crippen molar-refractivity contribution in [2.75, 3.05) is 45.9 Å². The highest BCUT2D eigenvalue weighted by molar-refractivity contribution is 9.10. The van der Waals surface area contributed by atoms with Crippen LogP contribution >= 0.6 is 15.9 Å². The van der Waals surface area contributed by atoms with Gasteiger partial charge in [0.05, 0.1) is 13.2 Å². The van der Waals surface area contributed by atoms with Crippen LogP contribution in [0.5, 0.6) is 11.5 Å². The van der Waals surface area contributed by atoms with Gasteiger partial charge in [-0.05, 0) is 30.5 Å². The Hall–Kier alpha value is -0.780. The van der Waals surface area contributed by atoms with Crippen LogP contribution in [0.4, 0.5) is 0 Å². The molecule has 1 aromatic carbocycles. The lowest BCUT2D eigenvalue weighted by Crippen LogP contribution is -2.44. The molecule has 4 nitrogen and oxygen atoms in total. The number of rotatable bonds is 3. The van der Waals surface area contributed by atoms with Crippen LogP contribution in [0.3, 0.4) is 0 Å². The van der Waals surface area contributed by atoms with Crippen LogP contribution in [0.25, 0.3) is 0 Å². The zero-order valence-corrected chi connectivity index (χ0v) is 14.2. The highest BCUT2D eigenvalue weighted by Crippen LogP contribution is 2.39. The van der Waals surface area contributed by atoms with E-state index in [-0.39, 0.29) is 0 Å². The maximum absolute atomic E-state index is 5.90. The summed E-state index contributed by atoms with van der Waals surface area (Å²) in [5, 5.41) is 3.40. The van der Waals surface area contributed by atoms with E-state index >= 15 is 0 Å². The second-order valence-electron chi connectivity index (χ2n) is 5.68. The quantitative estimate of drug-likeness (QED) is 0.903. The van der Waals surface area contributed by atoms with E-state index in [1.54, 1.807) is 0 Å². The van der Waals surface area contributed by atoms with E-state index in [0.717, 1.165) is 74.8 Å². The molecule has 1 fully saturated rings. The smallest absolute Gasteiger partial charge is 0.164 e. The van der Waals surface area contributed by atoms with E-state index in [0.29, 0.717) is 0 Å². The largest absolute Gasteiger partial charge is 0.490 e. The number of ether oxygens (including phenoxy) is 2. The number of hydrogen-bond donors (Lipinski definition) is 1. The molecule has 1 saturated heterocycles. The molecule has 0 aromatic heterocycles. The first-order valence-corrected chi connectivity index (χ1v) is 8.55. The third-order valence-corrected chi connectivity index (χ3v) is 4.95. The second-order valence-corrected chi connectivity index (χ2v) is 6.54. The molecule has 5 heteroatoms. The lowest BCUT2D eigenvalue weighted by atomic mass is 10.0. The highest BCUT2D eigenvalue weighted by Gasteiger charge is 2.19. The maximum Gasteiger partial charge on any atom is 0.164 e. The highest BCUT2D eigenvalue weighted by atomic mass is 79.9. The van der Waals surface area contributed by atoms with Gasteiger partial charge in [0.2, 0.25) is 0 Å². The fourth-order valence-electron chi connectivity index (χ4n) is 2.98. The SMILES string of the molecule is Cc1c(CCN2CCNCC2)c(Br)cc2c1OCCCO2. The van der Waals surface area contributed by atoms with Crippen molar-refractivity contribution in [2.24, 2.45) is 0 Å². The Kier molecular flexibility index (Phi) is 5.03. The summed E-state index contributed by atoms with van der Waals surface area (Å²) < 4.78 is 12.8. The molecule has 0 unspecified atom stereocenters. The topological polar surface area (TPSA) is 33.7 Å². The predicted octanol–water partition coefficient (Wildman–Crippen LogP) is 2.37. The zero-order valence-electron chi connectivity index (χ0n) is 12.6. The number of halogens is 1. The summed E-state index contributed by atoms with van der Waals surface area (Å²) in [6, 6.07) is 2.07. The first kappa shape index (κ1) is 15.1. The van der Waals surface area contributed by atoms with Crippen molar-refractivity contribution in [2.45, 2.75) is 19.8 Å². The molecule has 21 heavy (non-hydrogen) atoms. The number of nitrogens with one attached hydrogen (secondary N) is 1. The predicted molar refractivity (Wildman–Crippen MR) is 87.5 cm³/mol. The van der Waals surface area contributed by atoms with Gasteiger partial charge in [0.1, 0.15) is 0 Å². The molecule has 0 aliphatic carbocycles. The first-order chi connectivity index (χ1) is 10.3. The molecular weight excluding hydrogens is 332 g/mol. The minimum atomic E-state index is 0.735. The van der Waals surface area contributed by atoms with E-state index in [9.17, 15) is 0 Å². The van der Waals surface area contributed by atoms with Crippen LogP contribution in [0, 0.1) is 6.92 Å². The van der Waals surface area contributed by atoms with Gasteiger partial charge in [0.25, 0.3) is 0 Å². The van der Waals surface area contributed by atoms with Crippen LogP contribution in [0.15, 0.2) is 10.5 Å². The van der Waals surface area contributed by atoms with Gasteiger partial charge < -0.3 is 19.7 Å². The molecule has 116 valence electrons. The summed E-state index contributed by atoms with van der Waals surface area (Å²) in [5.74, 6) is 1.81. The Balaban J connectivity index is 1.76. The zero-order chi connectivity index (χ0) is 14.7. The summed E-state index contributed by atoms with van der Waals surface area (Å²) >= 11 is 3.71. The fourth-order valence-corrected chi connectivity index (χ4v) is 3.69. The van der Waals surface area contributed by atoms with E-state index in [2.05, 4.69) is 39.1 Å². The molecule has 0 radical (unpaired) electrons. The molecule has 2 aliphatic rings. The molecule has 0 spiro atoms. The summed E-state index contributed by atoms with van der Waals surface area (Å²) in [6.45, 7) is 9.20. The van der Waals surface area contributed by atoms with Crippen LogP contribution in [0.2, 0.25) is 0 Å². The Labute approximate surface area is 134 Å². The van der Waals surface area contributed by atoms with Crippen molar-refractivity contribution < 1.29 is 9.47 Å². The lowest BCUT2D eigenvalue weighted by Gasteiger charge is -2.27. The van der Waals surface area contributed by atoms with Crippen molar-refractivity contribution in [3.63, 3.8) is 0 Å². The third kappa shape index (κ3) is 3.52. The van der Waals surface area contributed by atoms with Crippen LogP contribution < -0.4 is 14.8 Å². The standard InChI is InChI=1S/C16H23BrN2O2/c1-12-13(3-6-19-7-4-18-5-8-19)14(17)11-15-16(12)21-10-2-9-20-15/h11,18H,2-10H2,1H3. The average molecular weight is 355 g/mol. The molecule has 1 N–H and O–H groups in total. The first-order valence-electron chi connectivity index (χ1n) is 7.76. The molecule has 0 saturated carbocycles. The summed E-state index contributed by atoms with van der Waals surface area (Å²) in [7, 11) is 0. The number of nitrogens with zero attached hydrogens (tertiary/aromatic N) is 1. The van der Waals surface area contributed by atoms with Crippen molar-refractivity contribution in [1.82, 2.24) is 10.2 Å². The van der Waals surface area contributed by atoms with Crippen molar-refractivity contribution in [1.29, 1.82) is 0 Å². The van der Waals surface area contributed by atoms with Crippen LogP contribution in [-0.4, -0.2) is 50.8 Å². The third-order valence-electron chi connectivity index (χ3n) is 4.24. The summed E-state index contributed by atoms with van der Waals surface area (Å²) in [5.41, 5.74) is 2.56. The van der Waals surface area contributed by atoms with Crippen molar-refractivity contribution in [3.8, 4) is 11.5 Å². The normalized spacial score (nSPS) is 19.3. The summed E-state index contributed by atoms with van der Waals surface area (Å²) in [6.07, 6.45) is 1.99. The van der Waals surface area contributed by atoms with Gasteiger partial charge in [-0.3, -0.25) is 0 Å².